The Morgan fingerprint density at radius 2 is 1.46 bits per heavy atom. The molecular formula is C36H45N9O3. The molecule has 1 aliphatic carbocycles. The first kappa shape index (κ1) is 31.0. The van der Waals surface area contributed by atoms with Crippen molar-refractivity contribution in [3.8, 4) is 11.4 Å². The summed E-state index contributed by atoms with van der Waals surface area (Å²) in [4.78, 5) is 30.2. The van der Waals surface area contributed by atoms with Crippen LogP contribution < -0.4 is 20.4 Å². The second-order valence-corrected chi connectivity index (χ2v) is 13.7. The number of rotatable bonds is 7. The van der Waals surface area contributed by atoms with E-state index in [0.29, 0.717) is 17.6 Å². The van der Waals surface area contributed by atoms with Gasteiger partial charge in [-0.2, -0.15) is 5.10 Å². The molecule has 12 nitrogen and oxygen atoms in total. The minimum absolute atomic E-state index is 0.239. The molecule has 2 aromatic carbocycles. The van der Waals surface area contributed by atoms with E-state index < -0.39 is 0 Å². The number of amides is 2. The molecule has 2 N–H and O–H groups in total. The molecule has 1 saturated carbocycles. The molecule has 3 aliphatic heterocycles. The highest BCUT2D eigenvalue weighted by atomic mass is 16.5. The van der Waals surface area contributed by atoms with Crippen molar-refractivity contribution in [1.82, 2.24) is 24.6 Å². The number of fused-ring (bicyclic) bond motifs is 3. The monoisotopic (exact) mass is 651 g/mol. The van der Waals surface area contributed by atoms with Crippen LogP contribution >= 0.6 is 0 Å². The van der Waals surface area contributed by atoms with Crippen molar-refractivity contribution in [2.75, 3.05) is 73.9 Å². The number of hydrogen-bond acceptors (Lipinski definition) is 9. The number of methoxy groups -OCH3 is 1. The van der Waals surface area contributed by atoms with Gasteiger partial charge in [0.05, 0.1) is 35.9 Å². The van der Waals surface area contributed by atoms with Gasteiger partial charge in [-0.25, -0.2) is 19.4 Å². The molecule has 3 saturated heterocycles. The summed E-state index contributed by atoms with van der Waals surface area (Å²) in [6.45, 7) is 5.77. The lowest BCUT2D eigenvalue weighted by atomic mass is 9.93. The van der Waals surface area contributed by atoms with Gasteiger partial charge >= 0.3 is 6.03 Å². The smallest absolute Gasteiger partial charge is 0.323 e. The quantitative estimate of drug-likeness (QED) is 0.272. The number of carbonyl (C=O) groups is 1. The number of carbonyl (C=O) groups excluding carboxylic acids is 1. The van der Waals surface area contributed by atoms with Gasteiger partial charge in [0.15, 0.2) is 11.5 Å². The number of nitrogens with zero attached hydrogens (tertiary/aromatic N) is 7. The Balaban J connectivity index is 0.997. The van der Waals surface area contributed by atoms with Crippen LogP contribution in [0.3, 0.4) is 0 Å². The fourth-order valence-corrected chi connectivity index (χ4v) is 7.68. The van der Waals surface area contributed by atoms with E-state index in [1.165, 1.54) is 5.69 Å². The minimum Gasteiger partial charge on any atom is -0.381 e. The second kappa shape index (κ2) is 13.3. The van der Waals surface area contributed by atoms with Gasteiger partial charge < -0.3 is 34.8 Å². The van der Waals surface area contributed by atoms with Gasteiger partial charge in [-0.3, -0.25) is 0 Å². The van der Waals surface area contributed by atoms with E-state index in [-0.39, 0.29) is 24.3 Å². The van der Waals surface area contributed by atoms with Crippen LogP contribution in [0.4, 0.5) is 27.7 Å². The Kier molecular flexibility index (Phi) is 8.62. The maximum atomic E-state index is 12.9. The van der Waals surface area contributed by atoms with Crippen molar-refractivity contribution in [2.45, 2.75) is 62.9 Å². The van der Waals surface area contributed by atoms with Gasteiger partial charge in [0.2, 0.25) is 0 Å². The summed E-state index contributed by atoms with van der Waals surface area (Å²) in [5, 5.41) is 11.8. The van der Waals surface area contributed by atoms with Crippen molar-refractivity contribution >= 4 is 39.9 Å². The normalized spacial score (nSPS) is 24.6. The van der Waals surface area contributed by atoms with E-state index in [9.17, 15) is 4.79 Å². The molecule has 2 aromatic heterocycles. The van der Waals surface area contributed by atoms with Crippen LogP contribution in [0.1, 0.15) is 44.6 Å². The number of piperazine rings is 1. The van der Waals surface area contributed by atoms with Crippen molar-refractivity contribution in [2.24, 2.45) is 0 Å². The zero-order valence-corrected chi connectivity index (χ0v) is 27.8. The standard InChI is InChI=1S/C36H45N9O3/c1-42-17-19-43(20-18-42)27-9-7-26(8-10-27)39-36(46)38-25-5-3-24(4-6-25)33-40-34(44-22-30-15-16-31(23-44)48-30)32-21-37-45(35(32)41-33)28-11-13-29(47-2)14-12-28/h3-10,21,28-31H,11-20,22-23H2,1-2H3,(H2,38,39,46)/t28?,29?,30-,31-/m1/s1. The number of urea groups is 1. The Morgan fingerprint density at radius 1 is 0.812 bits per heavy atom. The van der Waals surface area contributed by atoms with Crippen LogP contribution in [0.15, 0.2) is 54.7 Å². The Morgan fingerprint density at radius 3 is 2.10 bits per heavy atom. The summed E-state index contributed by atoms with van der Waals surface area (Å²) in [7, 11) is 3.96. The van der Waals surface area contributed by atoms with Crippen molar-refractivity contribution in [1.29, 1.82) is 0 Å². The predicted octanol–water partition coefficient (Wildman–Crippen LogP) is 5.39. The molecule has 0 unspecified atom stereocenters. The number of morpholine rings is 1. The molecular weight excluding hydrogens is 606 g/mol. The minimum atomic E-state index is -0.288. The molecule has 48 heavy (non-hydrogen) atoms. The number of nitrogens with one attached hydrogen (secondary N) is 2. The Hall–Kier alpha value is -4.26. The molecule has 4 aromatic rings. The highest BCUT2D eigenvalue weighted by molar-refractivity contribution is 6.00. The topological polar surface area (TPSA) is 113 Å². The molecule has 2 amide bonds. The molecule has 12 heteroatoms. The average molecular weight is 652 g/mol. The third kappa shape index (κ3) is 6.44. The van der Waals surface area contributed by atoms with Crippen LogP contribution in [0.25, 0.3) is 22.4 Å². The summed E-state index contributed by atoms with van der Waals surface area (Å²) in [5.74, 6) is 1.58. The van der Waals surface area contributed by atoms with E-state index in [1.54, 1.807) is 7.11 Å². The fourth-order valence-electron chi connectivity index (χ4n) is 7.68. The Bertz CT molecular complexity index is 1720. The molecule has 4 aliphatic rings. The van der Waals surface area contributed by atoms with Crippen LogP contribution in [-0.2, 0) is 9.47 Å². The molecule has 0 spiro atoms. The first-order chi connectivity index (χ1) is 23.5. The summed E-state index contributed by atoms with van der Waals surface area (Å²) < 4.78 is 13.9. The number of aromatic nitrogens is 4. The summed E-state index contributed by atoms with van der Waals surface area (Å²) in [6.07, 6.45) is 8.97. The van der Waals surface area contributed by atoms with E-state index in [1.807, 2.05) is 42.6 Å². The van der Waals surface area contributed by atoms with E-state index in [0.717, 1.165) is 106 Å². The largest absolute Gasteiger partial charge is 0.381 e. The highest BCUT2D eigenvalue weighted by Gasteiger charge is 2.36. The zero-order chi connectivity index (χ0) is 32.6. The number of anilines is 4. The SMILES string of the molecule is COC1CCC(n2ncc3c(N4C[C@H]5CC[C@H](C4)O5)nc(-c4ccc(NC(=O)Nc5ccc(N6CCN(C)CC6)cc5)cc4)nc32)CC1. The highest BCUT2D eigenvalue weighted by Crippen LogP contribution is 2.37. The van der Waals surface area contributed by atoms with Gasteiger partial charge in [0.25, 0.3) is 0 Å². The van der Waals surface area contributed by atoms with Crippen LogP contribution in [-0.4, -0.2) is 102 Å². The number of benzene rings is 2. The molecule has 2 atom stereocenters. The number of hydrogen-bond donors (Lipinski definition) is 2. The van der Waals surface area contributed by atoms with Gasteiger partial charge in [0, 0.05) is 69.0 Å². The first-order valence-electron chi connectivity index (χ1n) is 17.4. The van der Waals surface area contributed by atoms with Crippen molar-refractivity contribution < 1.29 is 14.3 Å². The van der Waals surface area contributed by atoms with E-state index in [2.05, 4.69) is 49.2 Å². The summed E-state index contributed by atoms with van der Waals surface area (Å²) >= 11 is 0. The number of ether oxygens (including phenoxy) is 2. The summed E-state index contributed by atoms with van der Waals surface area (Å²) in [6, 6.07) is 15.8. The molecule has 2 bridgehead atoms. The van der Waals surface area contributed by atoms with Crippen LogP contribution in [0.2, 0.25) is 0 Å². The fraction of sp³-hybridized carbons (Fsp3) is 0.500. The van der Waals surface area contributed by atoms with Crippen molar-refractivity contribution in [3.05, 3.63) is 54.7 Å². The summed E-state index contributed by atoms with van der Waals surface area (Å²) in [5.41, 5.74) is 4.37. The lowest BCUT2D eigenvalue weighted by Crippen LogP contribution is -2.44. The Labute approximate surface area is 281 Å². The predicted molar refractivity (Wildman–Crippen MR) is 188 cm³/mol. The zero-order valence-electron chi connectivity index (χ0n) is 27.8. The van der Waals surface area contributed by atoms with Crippen molar-refractivity contribution in [3.63, 3.8) is 0 Å². The third-order valence-corrected chi connectivity index (χ3v) is 10.5. The van der Waals surface area contributed by atoms with Gasteiger partial charge in [0.1, 0.15) is 5.82 Å². The van der Waals surface area contributed by atoms with Crippen LogP contribution in [0, 0.1) is 0 Å². The molecule has 5 heterocycles. The first-order valence-corrected chi connectivity index (χ1v) is 17.4. The average Bonchev–Trinajstić information content (AvgIpc) is 3.70. The number of likely N-dealkylation sites (N-methyl/N-ethyl adjacent to an activating group) is 1. The molecule has 252 valence electrons. The van der Waals surface area contributed by atoms with E-state index in [4.69, 9.17) is 24.5 Å². The lowest BCUT2D eigenvalue weighted by Gasteiger charge is -2.34. The maximum absolute atomic E-state index is 12.9. The molecule has 0 radical (unpaired) electrons. The van der Waals surface area contributed by atoms with E-state index >= 15 is 0 Å². The lowest BCUT2D eigenvalue weighted by molar-refractivity contribution is 0.0303. The molecule has 8 rings (SSSR count). The maximum Gasteiger partial charge on any atom is 0.323 e. The van der Waals surface area contributed by atoms with Gasteiger partial charge in [-0.15, -0.1) is 0 Å². The second-order valence-electron chi connectivity index (χ2n) is 13.7. The molecule has 4 fully saturated rings. The van der Waals surface area contributed by atoms with Gasteiger partial charge in [-0.1, -0.05) is 0 Å². The van der Waals surface area contributed by atoms with Crippen LogP contribution in [0.5, 0.6) is 0 Å². The third-order valence-electron chi connectivity index (χ3n) is 10.5. The van der Waals surface area contributed by atoms with Gasteiger partial charge in [-0.05, 0) is 94.1 Å².